The molecule has 2 N–H and O–H groups in total. The van der Waals surface area contributed by atoms with E-state index >= 15 is 0 Å². The Hall–Kier alpha value is -1.24. The second-order valence-electron chi connectivity index (χ2n) is 6.04. The molecule has 3 rings (SSSR count). The lowest BCUT2D eigenvalue weighted by Crippen LogP contribution is -2.37. The molecule has 0 aromatic carbocycles. The van der Waals surface area contributed by atoms with Gasteiger partial charge in [-0.05, 0) is 18.3 Å². The van der Waals surface area contributed by atoms with Gasteiger partial charge in [0.2, 0.25) is 11.8 Å². The Bertz CT molecular complexity index is 428. The van der Waals surface area contributed by atoms with Crippen molar-refractivity contribution in [3.63, 3.8) is 0 Å². The first-order valence-electron chi connectivity index (χ1n) is 6.89. The fraction of sp³-hybridized carbons (Fsp3) is 0.846. The molecule has 112 valence electrons. The number of hydrogen-bond donors (Lipinski definition) is 2. The molecule has 1 unspecified atom stereocenters. The Labute approximate surface area is 114 Å². The van der Waals surface area contributed by atoms with Gasteiger partial charge in [0, 0.05) is 37.8 Å². The van der Waals surface area contributed by atoms with Crippen LogP contribution in [-0.2, 0) is 14.3 Å². The summed E-state index contributed by atoms with van der Waals surface area (Å²) in [6.07, 6.45) is -0.675. The molecule has 20 heavy (non-hydrogen) atoms. The molecule has 1 aliphatic heterocycles. The van der Waals surface area contributed by atoms with Gasteiger partial charge in [-0.25, -0.2) is 13.6 Å². The molecule has 0 radical (unpaired) electrons. The Morgan fingerprint density at radius 1 is 1.30 bits per heavy atom. The number of ether oxygens (including phenoxy) is 1. The van der Waals surface area contributed by atoms with Crippen LogP contribution in [0.5, 0.6) is 0 Å². The molecule has 3 aliphatic rings. The van der Waals surface area contributed by atoms with Gasteiger partial charge in [0.05, 0.1) is 0 Å². The summed E-state index contributed by atoms with van der Waals surface area (Å²) in [5.74, 6) is -4.78. The Balaban J connectivity index is 1.46. The monoisotopic (exact) mass is 289 g/mol. The summed E-state index contributed by atoms with van der Waals surface area (Å²) in [5.41, 5.74) is 0. The third kappa shape index (κ3) is 2.39. The van der Waals surface area contributed by atoms with E-state index in [1.165, 1.54) is 0 Å². The van der Waals surface area contributed by atoms with Gasteiger partial charge < -0.3 is 15.2 Å². The molecule has 0 aromatic rings. The van der Waals surface area contributed by atoms with Gasteiger partial charge in [-0.15, -0.1) is 0 Å². The van der Waals surface area contributed by atoms with Gasteiger partial charge >= 0.3 is 5.97 Å². The van der Waals surface area contributed by atoms with Gasteiger partial charge in [-0.1, -0.05) is 0 Å². The number of hydrogen-bond acceptors (Lipinski definition) is 3. The normalized spacial score (nSPS) is 41.2. The highest BCUT2D eigenvalue weighted by Crippen LogP contribution is 2.62. The van der Waals surface area contributed by atoms with Gasteiger partial charge in [0.1, 0.15) is 0 Å². The fourth-order valence-corrected chi connectivity index (χ4v) is 3.63. The number of fused-ring (bicyclic) bond motifs is 1. The first kappa shape index (κ1) is 13.7. The number of halogens is 2. The molecule has 1 saturated heterocycles. The average Bonchev–Trinajstić information content (AvgIpc) is 2.77. The molecule has 5 nitrogen and oxygen atoms in total. The Kier molecular flexibility index (Phi) is 3.19. The maximum Gasteiger partial charge on any atom is 0.333 e. The largest absolute Gasteiger partial charge is 0.479 e. The number of carbonyl (C=O) groups excluding carboxylic acids is 1. The second kappa shape index (κ2) is 4.65. The zero-order chi connectivity index (χ0) is 14.5. The number of amides is 1. The van der Waals surface area contributed by atoms with Crippen LogP contribution < -0.4 is 5.32 Å². The lowest BCUT2D eigenvalue weighted by Gasteiger charge is -2.16. The van der Waals surface area contributed by atoms with Crippen molar-refractivity contribution in [3.05, 3.63) is 0 Å². The molecule has 2 saturated carbocycles. The highest BCUT2D eigenvalue weighted by Gasteiger charge is 2.65. The molecule has 0 spiro atoms. The standard InChI is InChI=1S/C13H17F2NO4/c14-13(15)3-7-8(4-13)9(7)11(17)16-5-6-1-2-20-10(6)12(18)19/h6-10H,1-5H2,(H,16,17)(H,18,19)/t6-,7-,8+,9?,10-/m1/s1. The zero-order valence-electron chi connectivity index (χ0n) is 10.9. The summed E-state index contributed by atoms with van der Waals surface area (Å²) in [6, 6.07) is 0. The first-order chi connectivity index (χ1) is 9.39. The van der Waals surface area contributed by atoms with Crippen molar-refractivity contribution in [3.8, 4) is 0 Å². The molecule has 3 fully saturated rings. The van der Waals surface area contributed by atoms with Crippen LogP contribution in [0.3, 0.4) is 0 Å². The minimum Gasteiger partial charge on any atom is -0.479 e. The first-order valence-corrected chi connectivity index (χ1v) is 6.89. The number of nitrogens with one attached hydrogen (secondary N) is 1. The van der Waals surface area contributed by atoms with E-state index < -0.39 is 18.0 Å². The van der Waals surface area contributed by atoms with Crippen LogP contribution in [0.4, 0.5) is 8.78 Å². The van der Waals surface area contributed by atoms with Crippen molar-refractivity contribution in [2.24, 2.45) is 23.7 Å². The summed E-state index contributed by atoms with van der Waals surface area (Å²) < 4.78 is 31.1. The highest BCUT2D eigenvalue weighted by molar-refractivity contribution is 5.82. The van der Waals surface area contributed by atoms with Gasteiger partial charge in [-0.2, -0.15) is 0 Å². The van der Waals surface area contributed by atoms with Crippen LogP contribution in [0.2, 0.25) is 0 Å². The van der Waals surface area contributed by atoms with Crippen molar-refractivity contribution >= 4 is 11.9 Å². The predicted molar refractivity (Wildman–Crippen MR) is 63.1 cm³/mol. The zero-order valence-corrected chi connectivity index (χ0v) is 10.9. The van der Waals surface area contributed by atoms with Crippen molar-refractivity contribution in [2.75, 3.05) is 13.2 Å². The molecule has 7 heteroatoms. The van der Waals surface area contributed by atoms with E-state index in [4.69, 9.17) is 9.84 Å². The van der Waals surface area contributed by atoms with Crippen molar-refractivity contribution in [1.29, 1.82) is 0 Å². The number of carboxylic acids is 1. The van der Waals surface area contributed by atoms with E-state index in [0.29, 0.717) is 13.0 Å². The van der Waals surface area contributed by atoms with E-state index in [9.17, 15) is 18.4 Å². The summed E-state index contributed by atoms with van der Waals surface area (Å²) in [7, 11) is 0. The molecular formula is C13H17F2NO4. The van der Waals surface area contributed by atoms with E-state index in [1.54, 1.807) is 0 Å². The minimum atomic E-state index is -2.61. The third-order valence-corrected chi connectivity index (χ3v) is 4.70. The predicted octanol–water partition coefficient (Wildman–Crippen LogP) is 0.884. The van der Waals surface area contributed by atoms with E-state index in [2.05, 4.69) is 5.32 Å². The van der Waals surface area contributed by atoms with E-state index in [0.717, 1.165) is 0 Å². The molecule has 5 atom stereocenters. The van der Waals surface area contributed by atoms with Gasteiger partial charge in [0.25, 0.3) is 0 Å². The molecule has 0 aromatic heterocycles. The SMILES string of the molecule is O=C(NC[C@H]1CCO[C@H]1C(=O)O)C1[C@H]2CC(F)(F)C[C@@H]12. The lowest BCUT2D eigenvalue weighted by molar-refractivity contribution is -0.149. The topological polar surface area (TPSA) is 75.6 Å². The summed E-state index contributed by atoms with van der Waals surface area (Å²) in [4.78, 5) is 22.8. The smallest absolute Gasteiger partial charge is 0.333 e. The molecule has 1 amide bonds. The van der Waals surface area contributed by atoms with E-state index in [1.807, 2.05) is 0 Å². The summed E-state index contributed by atoms with van der Waals surface area (Å²) >= 11 is 0. The van der Waals surface area contributed by atoms with Crippen LogP contribution in [0, 0.1) is 23.7 Å². The van der Waals surface area contributed by atoms with Crippen LogP contribution in [0.25, 0.3) is 0 Å². The van der Waals surface area contributed by atoms with Crippen molar-refractivity contribution in [1.82, 2.24) is 5.32 Å². The number of rotatable bonds is 4. The van der Waals surface area contributed by atoms with Crippen LogP contribution in [-0.4, -0.2) is 42.2 Å². The van der Waals surface area contributed by atoms with Gasteiger partial charge in [-0.3, -0.25) is 4.79 Å². The molecule has 2 aliphatic carbocycles. The van der Waals surface area contributed by atoms with Gasteiger partial charge in [0.15, 0.2) is 6.10 Å². The summed E-state index contributed by atoms with van der Waals surface area (Å²) in [6.45, 7) is 0.612. The third-order valence-electron chi connectivity index (χ3n) is 4.70. The van der Waals surface area contributed by atoms with E-state index in [-0.39, 0.29) is 49.0 Å². The number of alkyl halides is 2. The fourth-order valence-electron chi connectivity index (χ4n) is 3.63. The highest BCUT2D eigenvalue weighted by atomic mass is 19.3. The average molecular weight is 289 g/mol. The summed E-state index contributed by atoms with van der Waals surface area (Å²) in [5, 5.41) is 11.6. The molecular weight excluding hydrogens is 272 g/mol. The lowest BCUT2D eigenvalue weighted by atomic mass is 10.0. The van der Waals surface area contributed by atoms with Crippen molar-refractivity contribution in [2.45, 2.75) is 31.3 Å². The van der Waals surface area contributed by atoms with Crippen molar-refractivity contribution < 1.29 is 28.2 Å². The number of carbonyl (C=O) groups is 2. The quantitative estimate of drug-likeness (QED) is 0.805. The maximum absolute atomic E-state index is 13.0. The second-order valence-corrected chi connectivity index (χ2v) is 6.04. The number of aliphatic carboxylic acids is 1. The van der Waals surface area contributed by atoms with Crippen LogP contribution >= 0.6 is 0 Å². The Morgan fingerprint density at radius 3 is 2.55 bits per heavy atom. The minimum absolute atomic E-state index is 0.194. The molecule has 1 heterocycles. The maximum atomic E-state index is 13.0. The molecule has 0 bridgehead atoms. The van der Waals surface area contributed by atoms with Crippen LogP contribution in [0.15, 0.2) is 0 Å². The van der Waals surface area contributed by atoms with Crippen LogP contribution in [0.1, 0.15) is 19.3 Å². The Morgan fingerprint density at radius 2 is 1.95 bits per heavy atom. The number of carboxylic acid groups (broad SMARTS) is 1.